The van der Waals surface area contributed by atoms with Gasteiger partial charge < -0.3 is 9.53 Å². The molecule has 1 aliphatic rings. The number of ether oxygens (including phenoxy) is 1. The van der Waals surface area contributed by atoms with Crippen molar-refractivity contribution < 1.29 is 27.5 Å². The Labute approximate surface area is 209 Å². The molecule has 2 aromatic rings. The number of allylic oxidation sites excluding steroid dienone is 1. The summed E-state index contributed by atoms with van der Waals surface area (Å²) in [5, 5.41) is 0. The van der Waals surface area contributed by atoms with E-state index in [-0.39, 0.29) is 12.9 Å². The molecule has 0 atom stereocenters. The molecule has 0 spiro atoms. The second-order valence-electron chi connectivity index (χ2n) is 6.52. The third kappa shape index (κ3) is 15.2. The fourth-order valence-corrected chi connectivity index (χ4v) is 2.96. The molecule has 0 unspecified atom stereocenters. The quantitative estimate of drug-likeness (QED) is 0.311. The van der Waals surface area contributed by atoms with E-state index in [2.05, 4.69) is 69.6 Å². The summed E-state index contributed by atoms with van der Waals surface area (Å²) >= 11 is 0. The number of esters is 1. The van der Waals surface area contributed by atoms with E-state index in [0.717, 1.165) is 19.3 Å². The van der Waals surface area contributed by atoms with E-state index in [0.29, 0.717) is 5.56 Å². The minimum absolute atomic E-state index is 0.188. The Bertz CT molecular complexity index is 859. The maximum Gasteiger partial charge on any atom is 0.386 e. The lowest BCUT2D eigenvalue weighted by Gasteiger charge is -2.13. The van der Waals surface area contributed by atoms with Gasteiger partial charge in [0.1, 0.15) is 6.79 Å². The maximum atomic E-state index is 11.7. The molecule has 2 aromatic carbocycles. The van der Waals surface area contributed by atoms with Gasteiger partial charge in [-0.1, -0.05) is 55.8 Å². The summed E-state index contributed by atoms with van der Waals surface area (Å²) in [6.07, 6.45) is 1.47. The SMILES string of the molecule is C=C.C=C.C=O.CC.CC(F)(F)F.COC(=O)c1ccc2c(c1)CCCC=C2c1ccc(C)cc1. The number of methoxy groups -OCH3 is 1. The zero-order valence-corrected chi connectivity index (χ0v) is 21.6. The van der Waals surface area contributed by atoms with Crippen LogP contribution in [0.25, 0.3) is 5.57 Å². The first-order valence-corrected chi connectivity index (χ1v) is 11.0. The molecular formula is C29H39F3O3. The Balaban J connectivity index is -0.000000672. The monoisotopic (exact) mass is 492 g/mol. The topological polar surface area (TPSA) is 43.4 Å². The summed E-state index contributed by atoms with van der Waals surface area (Å²) in [6.45, 7) is 20.3. The lowest BCUT2D eigenvalue weighted by Crippen LogP contribution is -2.03. The van der Waals surface area contributed by atoms with Crippen LogP contribution in [0.15, 0.2) is 74.9 Å². The van der Waals surface area contributed by atoms with E-state index in [1.165, 1.54) is 34.9 Å². The molecule has 194 valence electrons. The minimum atomic E-state index is -4.00. The van der Waals surface area contributed by atoms with Crippen LogP contribution in [0, 0.1) is 6.92 Å². The Kier molecular flexibility index (Phi) is 21.8. The molecule has 0 heterocycles. The van der Waals surface area contributed by atoms with Crippen LogP contribution in [0.3, 0.4) is 0 Å². The van der Waals surface area contributed by atoms with E-state index >= 15 is 0 Å². The molecule has 0 aliphatic heterocycles. The van der Waals surface area contributed by atoms with E-state index < -0.39 is 6.18 Å². The van der Waals surface area contributed by atoms with Crippen molar-refractivity contribution in [3.05, 3.63) is 103 Å². The predicted molar refractivity (Wildman–Crippen MR) is 142 cm³/mol. The van der Waals surface area contributed by atoms with Crippen LogP contribution in [-0.2, 0) is 16.0 Å². The highest BCUT2D eigenvalue weighted by Crippen LogP contribution is 2.31. The molecule has 3 nitrogen and oxygen atoms in total. The number of aryl methyl sites for hydroxylation is 2. The van der Waals surface area contributed by atoms with Gasteiger partial charge in [-0.15, -0.1) is 26.3 Å². The van der Waals surface area contributed by atoms with Crippen LogP contribution in [-0.4, -0.2) is 26.0 Å². The van der Waals surface area contributed by atoms with Crippen LogP contribution in [0.1, 0.15) is 66.2 Å². The fourth-order valence-electron chi connectivity index (χ4n) is 2.96. The van der Waals surface area contributed by atoms with Gasteiger partial charge in [0, 0.05) is 6.92 Å². The molecule has 0 aromatic heterocycles. The Morgan fingerprint density at radius 1 is 0.943 bits per heavy atom. The van der Waals surface area contributed by atoms with Crippen LogP contribution in [0.2, 0.25) is 0 Å². The van der Waals surface area contributed by atoms with Crippen molar-refractivity contribution in [2.24, 2.45) is 0 Å². The summed E-state index contributed by atoms with van der Waals surface area (Å²) in [5.74, 6) is -0.270. The second-order valence-corrected chi connectivity index (χ2v) is 6.52. The number of benzene rings is 2. The van der Waals surface area contributed by atoms with Crippen molar-refractivity contribution in [2.45, 2.75) is 53.1 Å². The summed E-state index contributed by atoms with van der Waals surface area (Å²) in [7, 11) is 1.42. The van der Waals surface area contributed by atoms with E-state index in [1.54, 1.807) is 0 Å². The highest BCUT2D eigenvalue weighted by Gasteiger charge is 2.16. The molecular weight excluding hydrogens is 453 g/mol. The van der Waals surface area contributed by atoms with E-state index in [1.807, 2.05) is 32.8 Å². The second kappa shape index (κ2) is 21.1. The zero-order chi connectivity index (χ0) is 28.0. The average molecular weight is 493 g/mol. The smallest absolute Gasteiger partial charge is 0.386 e. The summed E-state index contributed by atoms with van der Waals surface area (Å²) in [6, 6.07) is 14.5. The van der Waals surface area contributed by atoms with Gasteiger partial charge in [-0.05, 0) is 60.6 Å². The van der Waals surface area contributed by atoms with Gasteiger partial charge >= 0.3 is 12.1 Å². The highest BCUT2D eigenvalue weighted by molar-refractivity contribution is 5.91. The van der Waals surface area contributed by atoms with Gasteiger partial charge in [-0.25, -0.2) is 4.79 Å². The third-order valence-electron chi connectivity index (χ3n) is 4.18. The van der Waals surface area contributed by atoms with Crippen molar-refractivity contribution >= 4 is 18.3 Å². The largest absolute Gasteiger partial charge is 0.465 e. The van der Waals surface area contributed by atoms with Crippen molar-refractivity contribution in [2.75, 3.05) is 7.11 Å². The number of fused-ring (bicyclic) bond motifs is 1. The Morgan fingerprint density at radius 2 is 1.43 bits per heavy atom. The number of rotatable bonds is 2. The number of carbonyl (C=O) groups is 2. The molecule has 6 heteroatoms. The first-order valence-electron chi connectivity index (χ1n) is 11.0. The van der Waals surface area contributed by atoms with Crippen molar-refractivity contribution in [3.63, 3.8) is 0 Å². The van der Waals surface area contributed by atoms with Crippen LogP contribution in [0.4, 0.5) is 13.2 Å². The number of hydrogen-bond donors (Lipinski definition) is 0. The average Bonchev–Trinajstić information content (AvgIpc) is 3.10. The highest BCUT2D eigenvalue weighted by atomic mass is 19.4. The van der Waals surface area contributed by atoms with Crippen molar-refractivity contribution in [1.82, 2.24) is 0 Å². The molecule has 0 bridgehead atoms. The predicted octanol–water partition coefficient (Wildman–Crippen LogP) is 8.56. The first kappa shape index (κ1) is 36.2. The maximum absolute atomic E-state index is 11.7. The van der Waals surface area contributed by atoms with Gasteiger partial charge in [0.15, 0.2) is 0 Å². The zero-order valence-electron chi connectivity index (χ0n) is 21.6. The van der Waals surface area contributed by atoms with Crippen LogP contribution in [0.5, 0.6) is 0 Å². The van der Waals surface area contributed by atoms with Crippen LogP contribution < -0.4 is 0 Å². The molecule has 0 radical (unpaired) electrons. The lowest BCUT2D eigenvalue weighted by atomic mass is 9.92. The summed E-state index contributed by atoms with van der Waals surface area (Å²) in [4.78, 5) is 19.7. The minimum Gasteiger partial charge on any atom is -0.465 e. The number of carbonyl (C=O) groups excluding carboxylic acids is 2. The standard InChI is InChI=1S/C20H20O2.C2H3F3.C2H6.2C2H4.CH2O/c1-14-7-9-15(10-8-14)18-6-4-3-5-16-13-17(20(21)22-2)11-12-19(16)18;1-2(3,4)5;4*1-2/h6-13H,3-5H2,1-2H3;1H3;1-2H3;2*1-2H2;1H2. The first-order chi connectivity index (χ1) is 16.7. The van der Waals surface area contributed by atoms with Crippen molar-refractivity contribution in [1.29, 1.82) is 0 Å². The van der Waals surface area contributed by atoms with Gasteiger partial charge in [-0.3, -0.25) is 0 Å². The molecule has 0 saturated carbocycles. The van der Waals surface area contributed by atoms with Gasteiger partial charge in [-0.2, -0.15) is 13.2 Å². The Hall–Kier alpha value is -3.41. The van der Waals surface area contributed by atoms with Gasteiger partial charge in [0.2, 0.25) is 0 Å². The third-order valence-corrected chi connectivity index (χ3v) is 4.18. The van der Waals surface area contributed by atoms with E-state index in [9.17, 15) is 18.0 Å². The van der Waals surface area contributed by atoms with Gasteiger partial charge in [0.05, 0.1) is 12.7 Å². The van der Waals surface area contributed by atoms with E-state index in [4.69, 9.17) is 9.53 Å². The molecule has 35 heavy (non-hydrogen) atoms. The molecule has 0 saturated heterocycles. The number of hydrogen-bond acceptors (Lipinski definition) is 3. The molecule has 0 N–H and O–H groups in total. The van der Waals surface area contributed by atoms with Crippen LogP contribution >= 0.6 is 0 Å². The summed E-state index contributed by atoms with van der Waals surface area (Å²) < 4.78 is 35.9. The van der Waals surface area contributed by atoms with Crippen molar-refractivity contribution in [3.8, 4) is 0 Å². The summed E-state index contributed by atoms with van der Waals surface area (Å²) in [5.41, 5.74) is 6.86. The Morgan fingerprint density at radius 3 is 1.89 bits per heavy atom. The normalized spacial score (nSPS) is 10.9. The lowest BCUT2D eigenvalue weighted by molar-refractivity contribution is -0.110. The number of alkyl halides is 3. The molecule has 0 fully saturated rings. The molecule has 1 aliphatic carbocycles. The fraction of sp³-hybridized carbons (Fsp3) is 0.310. The number of halogens is 3. The van der Waals surface area contributed by atoms with Gasteiger partial charge in [0.25, 0.3) is 0 Å². The molecule has 3 rings (SSSR count). The molecule has 0 amide bonds.